The fourth-order valence-corrected chi connectivity index (χ4v) is 2.79. The van der Waals surface area contributed by atoms with E-state index in [0.29, 0.717) is 33.1 Å². The Morgan fingerprint density at radius 1 is 1.03 bits per heavy atom. The standard InChI is InChI=1S/C22H18ClN3O4/c1-30-17-9-10-20(27)15(12-17)13-24-26-21(28)14-5-4-6-16(11-14)25-22(29)18-7-2-3-8-19(18)23/h2-13,27H,1H3,(H,25,29)(H,26,28). The summed E-state index contributed by atoms with van der Waals surface area (Å²) in [5, 5.41) is 16.7. The van der Waals surface area contributed by atoms with Crippen LogP contribution in [0.1, 0.15) is 26.3 Å². The molecule has 3 aromatic rings. The summed E-state index contributed by atoms with van der Waals surface area (Å²) in [6.07, 6.45) is 1.30. The van der Waals surface area contributed by atoms with Crippen molar-refractivity contribution in [3.8, 4) is 11.5 Å². The molecule has 3 N–H and O–H groups in total. The van der Waals surface area contributed by atoms with Crippen LogP contribution in [0.3, 0.4) is 0 Å². The van der Waals surface area contributed by atoms with Gasteiger partial charge in [-0.1, -0.05) is 29.8 Å². The fraction of sp³-hybridized carbons (Fsp3) is 0.0455. The smallest absolute Gasteiger partial charge is 0.271 e. The van der Waals surface area contributed by atoms with Crippen molar-refractivity contribution in [3.05, 3.63) is 88.4 Å². The van der Waals surface area contributed by atoms with Crippen LogP contribution in [-0.4, -0.2) is 30.2 Å². The van der Waals surface area contributed by atoms with E-state index in [9.17, 15) is 14.7 Å². The van der Waals surface area contributed by atoms with E-state index in [2.05, 4.69) is 15.8 Å². The van der Waals surface area contributed by atoms with Crippen LogP contribution in [0.25, 0.3) is 0 Å². The van der Waals surface area contributed by atoms with Gasteiger partial charge in [-0.05, 0) is 48.5 Å². The molecule has 0 spiro atoms. The van der Waals surface area contributed by atoms with Crippen LogP contribution in [0.5, 0.6) is 11.5 Å². The zero-order valence-electron chi connectivity index (χ0n) is 15.9. The summed E-state index contributed by atoms with van der Waals surface area (Å²) in [6.45, 7) is 0. The Hall–Kier alpha value is -3.84. The summed E-state index contributed by atoms with van der Waals surface area (Å²) in [4.78, 5) is 24.7. The zero-order chi connectivity index (χ0) is 21.5. The molecule has 30 heavy (non-hydrogen) atoms. The number of nitrogens with zero attached hydrogens (tertiary/aromatic N) is 1. The van der Waals surface area contributed by atoms with Gasteiger partial charge < -0.3 is 15.2 Å². The molecule has 3 rings (SSSR count). The van der Waals surface area contributed by atoms with E-state index >= 15 is 0 Å². The predicted octanol–water partition coefficient (Wildman–Crippen LogP) is 4.07. The van der Waals surface area contributed by atoms with Crippen molar-refractivity contribution in [2.45, 2.75) is 0 Å². The highest BCUT2D eigenvalue weighted by molar-refractivity contribution is 6.34. The first-order valence-corrected chi connectivity index (χ1v) is 9.22. The lowest BCUT2D eigenvalue weighted by atomic mass is 10.1. The molecule has 0 heterocycles. The molecule has 0 aliphatic heterocycles. The van der Waals surface area contributed by atoms with Crippen LogP contribution >= 0.6 is 11.6 Å². The van der Waals surface area contributed by atoms with E-state index in [1.165, 1.54) is 25.5 Å². The van der Waals surface area contributed by atoms with Gasteiger partial charge in [0.1, 0.15) is 11.5 Å². The first-order chi connectivity index (χ1) is 14.5. The number of phenols is 1. The largest absolute Gasteiger partial charge is 0.507 e. The zero-order valence-corrected chi connectivity index (χ0v) is 16.7. The van der Waals surface area contributed by atoms with E-state index in [-0.39, 0.29) is 11.7 Å². The number of hydrogen-bond donors (Lipinski definition) is 3. The highest BCUT2D eigenvalue weighted by Crippen LogP contribution is 2.21. The third-order valence-corrected chi connectivity index (χ3v) is 4.44. The number of rotatable bonds is 6. The summed E-state index contributed by atoms with van der Waals surface area (Å²) in [5.74, 6) is -0.326. The summed E-state index contributed by atoms with van der Waals surface area (Å²) >= 11 is 6.04. The van der Waals surface area contributed by atoms with Crippen LogP contribution in [0.4, 0.5) is 5.69 Å². The van der Waals surface area contributed by atoms with Gasteiger partial charge in [0.15, 0.2) is 0 Å². The van der Waals surface area contributed by atoms with Crippen molar-refractivity contribution >= 4 is 35.3 Å². The van der Waals surface area contributed by atoms with Gasteiger partial charge in [0, 0.05) is 16.8 Å². The second-order valence-corrected chi connectivity index (χ2v) is 6.55. The number of benzene rings is 3. The Bertz CT molecular complexity index is 1120. The van der Waals surface area contributed by atoms with Gasteiger partial charge in [0.25, 0.3) is 11.8 Å². The molecule has 0 atom stereocenters. The lowest BCUT2D eigenvalue weighted by Gasteiger charge is -2.08. The minimum atomic E-state index is -0.484. The van der Waals surface area contributed by atoms with Crippen molar-refractivity contribution in [1.82, 2.24) is 5.43 Å². The number of halogens is 1. The second-order valence-electron chi connectivity index (χ2n) is 6.14. The molecule has 0 fully saturated rings. The summed E-state index contributed by atoms with van der Waals surface area (Å²) < 4.78 is 5.09. The first-order valence-electron chi connectivity index (χ1n) is 8.84. The predicted molar refractivity (Wildman–Crippen MR) is 116 cm³/mol. The lowest BCUT2D eigenvalue weighted by molar-refractivity contribution is 0.0953. The summed E-state index contributed by atoms with van der Waals surface area (Å²) in [7, 11) is 1.51. The van der Waals surface area contributed by atoms with Crippen molar-refractivity contribution < 1.29 is 19.4 Å². The number of nitrogens with one attached hydrogen (secondary N) is 2. The average molecular weight is 424 g/mol. The Morgan fingerprint density at radius 2 is 1.83 bits per heavy atom. The molecular formula is C22H18ClN3O4. The SMILES string of the molecule is COc1ccc(O)c(C=NNC(=O)c2cccc(NC(=O)c3ccccc3Cl)c2)c1. The van der Waals surface area contributed by atoms with Gasteiger partial charge in [-0.3, -0.25) is 9.59 Å². The quantitative estimate of drug-likeness (QED) is 0.411. The molecule has 3 aromatic carbocycles. The van der Waals surface area contributed by atoms with Crippen LogP contribution < -0.4 is 15.5 Å². The second kappa shape index (κ2) is 9.58. The normalized spacial score (nSPS) is 10.6. The Balaban J connectivity index is 1.67. The topological polar surface area (TPSA) is 100 Å². The molecule has 0 aromatic heterocycles. The number of hydrazone groups is 1. The minimum Gasteiger partial charge on any atom is -0.507 e. The van der Waals surface area contributed by atoms with E-state index < -0.39 is 5.91 Å². The van der Waals surface area contributed by atoms with Crippen LogP contribution in [0.15, 0.2) is 71.8 Å². The van der Waals surface area contributed by atoms with Gasteiger partial charge in [0.2, 0.25) is 0 Å². The number of anilines is 1. The number of methoxy groups -OCH3 is 1. The molecule has 0 saturated carbocycles. The van der Waals surface area contributed by atoms with Crippen molar-refractivity contribution in [2.24, 2.45) is 5.10 Å². The number of ether oxygens (including phenoxy) is 1. The van der Waals surface area contributed by atoms with E-state index in [1.54, 1.807) is 54.6 Å². The number of amides is 2. The number of carbonyl (C=O) groups is 2. The van der Waals surface area contributed by atoms with Gasteiger partial charge in [-0.25, -0.2) is 5.43 Å². The fourth-order valence-electron chi connectivity index (χ4n) is 2.57. The molecule has 0 bridgehead atoms. The number of hydrogen-bond acceptors (Lipinski definition) is 5. The average Bonchev–Trinajstić information content (AvgIpc) is 2.75. The Kier molecular flexibility index (Phi) is 6.67. The molecule has 8 heteroatoms. The van der Waals surface area contributed by atoms with Gasteiger partial charge >= 0.3 is 0 Å². The highest BCUT2D eigenvalue weighted by Gasteiger charge is 2.11. The molecule has 152 valence electrons. The summed E-state index contributed by atoms with van der Waals surface area (Å²) in [6, 6.07) is 17.7. The van der Waals surface area contributed by atoms with Crippen molar-refractivity contribution in [3.63, 3.8) is 0 Å². The molecule has 0 unspecified atom stereocenters. The van der Waals surface area contributed by atoms with Gasteiger partial charge in [0.05, 0.1) is 23.9 Å². The van der Waals surface area contributed by atoms with Gasteiger partial charge in [-0.15, -0.1) is 0 Å². The third-order valence-electron chi connectivity index (χ3n) is 4.11. The lowest BCUT2D eigenvalue weighted by Crippen LogP contribution is -2.18. The number of aromatic hydroxyl groups is 1. The number of carbonyl (C=O) groups excluding carboxylic acids is 2. The summed E-state index contributed by atoms with van der Waals surface area (Å²) in [5.41, 5.74) is 3.82. The molecule has 0 aliphatic rings. The molecule has 0 saturated heterocycles. The molecule has 0 aliphatic carbocycles. The van der Waals surface area contributed by atoms with Crippen LogP contribution in [-0.2, 0) is 0 Å². The number of phenolic OH excluding ortho intramolecular Hbond substituents is 1. The maximum absolute atomic E-state index is 12.4. The Morgan fingerprint density at radius 3 is 2.60 bits per heavy atom. The molecule has 2 amide bonds. The minimum absolute atomic E-state index is 0.00178. The Labute approximate surface area is 178 Å². The van der Waals surface area contributed by atoms with Crippen LogP contribution in [0, 0.1) is 0 Å². The van der Waals surface area contributed by atoms with Crippen molar-refractivity contribution in [2.75, 3.05) is 12.4 Å². The van der Waals surface area contributed by atoms with E-state index in [4.69, 9.17) is 16.3 Å². The molecular weight excluding hydrogens is 406 g/mol. The maximum Gasteiger partial charge on any atom is 0.271 e. The third kappa shape index (κ3) is 5.15. The molecule has 0 radical (unpaired) electrons. The van der Waals surface area contributed by atoms with E-state index in [1.807, 2.05) is 0 Å². The van der Waals surface area contributed by atoms with Crippen molar-refractivity contribution in [1.29, 1.82) is 0 Å². The van der Waals surface area contributed by atoms with Crippen LogP contribution in [0.2, 0.25) is 5.02 Å². The highest BCUT2D eigenvalue weighted by atomic mass is 35.5. The van der Waals surface area contributed by atoms with E-state index in [0.717, 1.165) is 0 Å². The molecule has 7 nitrogen and oxygen atoms in total. The monoisotopic (exact) mass is 423 g/mol. The van der Waals surface area contributed by atoms with Gasteiger partial charge in [-0.2, -0.15) is 5.10 Å². The first kappa shape index (κ1) is 20.9. The maximum atomic E-state index is 12.4.